The van der Waals surface area contributed by atoms with Crippen molar-refractivity contribution < 1.29 is 5.11 Å². The van der Waals surface area contributed by atoms with Gasteiger partial charge in [-0.15, -0.1) is 0 Å². The molecule has 1 aromatic heterocycles. The highest BCUT2D eigenvalue weighted by atomic mass is 16.3. The van der Waals surface area contributed by atoms with Gasteiger partial charge in [-0.2, -0.15) is 0 Å². The molecule has 3 nitrogen and oxygen atoms in total. The van der Waals surface area contributed by atoms with Gasteiger partial charge in [-0.3, -0.25) is 0 Å². The molecule has 2 N–H and O–H groups in total. The van der Waals surface area contributed by atoms with Gasteiger partial charge in [0.1, 0.15) is 5.82 Å². The van der Waals surface area contributed by atoms with Crippen LogP contribution in [0.3, 0.4) is 0 Å². The fourth-order valence-electron chi connectivity index (χ4n) is 1.20. The minimum Gasteiger partial charge on any atom is -0.392 e. The monoisotopic (exact) mass is 194 g/mol. The van der Waals surface area contributed by atoms with Crippen molar-refractivity contribution in [3.63, 3.8) is 0 Å². The molecule has 1 heterocycles. The van der Waals surface area contributed by atoms with Crippen LogP contribution in [-0.2, 0) is 6.61 Å². The van der Waals surface area contributed by atoms with Crippen molar-refractivity contribution in [2.24, 2.45) is 0 Å². The van der Waals surface area contributed by atoms with E-state index < -0.39 is 0 Å². The molecule has 0 aromatic carbocycles. The number of aromatic nitrogens is 1. The number of hydrogen-bond donors (Lipinski definition) is 2. The summed E-state index contributed by atoms with van der Waals surface area (Å²) in [5.41, 5.74) is 1.96. The maximum atomic E-state index is 8.98. The Morgan fingerprint density at radius 1 is 1.43 bits per heavy atom. The van der Waals surface area contributed by atoms with Gasteiger partial charge in [0, 0.05) is 11.7 Å². The van der Waals surface area contributed by atoms with E-state index in [9.17, 15) is 0 Å². The number of hydrogen-bond acceptors (Lipinski definition) is 3. The Balaban J connectivity index is 2.87. The predicted octanol–water partition coefficient (Wildman–Crippen LogP) is 2.09. The summed E-state index contributed by atoms with van der Waals surface area (Å²) in [5, 5.41) is 12.3. The smallest absolute Gasteiger partial charge is 0.126 e. The second-order valence-corrected chi connectivity index (χ2v) is 4.53. The summed E-state index contributed by atoms with van der Waals surface area (Å²) in [7, 11) is 0. The molecule has 14 heavy (non-hydrogen) atoms. The standard InChI is InChI=1S/C11H18N2O/c1-8-5-10(13-11(2,3)4)12-6-9(8)7-14/h5-6,14H,7H2,1-4H3,(H,12,13). The lowest BCUT2D eigenvalue weighted by Crippen LogP contribution is -2.26. The molecule has 0 radical (unpaired) electrons. The Bertz CT molecular complexity index is 316. The molecule has 1 rings (SSSR count). The lowest BCUT2D eigenvalue weighted by Gasteiger charge is -2.21. The van der Waals surface area contributed by atoms with E-state index in [1.54, 1.807) is 6.20 Å². The number of anilines is 1. The highest BCUT2D eigenvalue weighted by Crippen LogP contribution is 2.15. The fourth-order valence-corrected chi connectivity index (χ4v) is 1.20. The van der Waals surface area contributed by atoms with Crippen molar-refractivity contribution in [1.29, 1.82) is 0 Å². The maximum Gasteiger partial charge on any atom is 0.126 e. The van der Waals surface area contributed by atoms with Crippen molar-refractivity contribution in [3.8, 4) is 0 Å². The van der Waals surface area contributed by atoms with Crippen LogP contribution in [0.5, 0.6) is 0 Å². The first kappa shape index (κ1) is 11.0. The average Bonchev–Trinajstić information content (AvgIpc) is 2.01. The van der Waals surface area contributed by atoms with Crippen LogP contribution in [0.25, 0.3) is 0 Å². The summed E-state index contributed by atoms with van der Waals surface area (Å²) in [4.78, 5) is 4.22. The third kappa shape index (κ3) is 3.00. The summed E-state index contributed by atoms with van der Waals surface area (Å²) >= 11 is 0. The number of aliphatic hydroxyl groups is 1. The molecule has 0 amide bonds. The molecule has 3 heteroatoms. The van der Waals surface area contributed by atoms with Crippen molar-refractivity contribution in [2.75, 3.05) is 5.32 Å². The average molecular weight is 194 g/mol. The van der Waals surface area contributed by atoms with Crippen LogP contribution in [0.4, 0.5) is 5.82 Å². The molecule has 0 unspecified atom stereocenters. The van der Waals surface area contributed by atoms with Gasteiger partial charge in [-0.25, -0.2) is 4.98 Å². The molecule has 0 aliphatic rings. The van der Waals surface area contributed by atoms with Gasteiger partial charge in [0.15, 0.2) is 0 Å². The third-order valence-corrected chi connectivity index (χ3v) is 1.89. The Morgan fingerprint density at radius 3 is 2.50 bits per heavy atom. The Labute approximate surface area is 85.2 Å². The van der Waals surface area contributed by atoms with Crippen LogP contribution in [0.1, 0.15) is 31.9 Å². The Hall–Kier alpha value is -1.09. The fraction of sp³-hybridized carbons (Fsp3) is 0.545. The second-order valence-electron chi connectivity index (χ2n) is 4.53. The van der Waals surface area contributed by atoms with E-state index in [1.165, 1.54) is 0 Å². The van der Waals surface area contributed by atoms with Crippen LogP contribution >= 0.6 is 0 Å². The van der Waals surface area contributed by atoms with Gasteiger partial charge in [0.2, 0.25) is 0 Å². The highest BCUT2D eigenvalue weighted by Gasteiger charge is 2.10. The second kappa shape index (κ2) is 3.96. The third-order valence-electron chi connectivity index (χ3n) is 1.89. The van der Waals surface area contributed by atoms with Gasteiger partial charge in [-0.05, 0) is 44.9 Å². The number of nitrogens with one attached hydrogen (secondary N) is 1. The molecule has 0 saturated heterocycles. The van der Waals surface area contributed by atoms with Gasteiger partial charge < -0.3 is 10.4 Å². The first-order valence-corrected chi connectivity index (χ1v) is 4.77. The van der Waals surface area contributed by atoms with E-state index in [0.29, 0.717) is 0 Å². The zero-order valence-electron chi connectivity index (χ0n) is 9.26. The van der Waals surface area contributed by atoms with E-state index in [2.05, 4.69) is 31.1 Å². The lowest BCUT2D eigenvalue weighted by molar-refractivity contribution is 0.280. The molecule has 0 atom stereocenters. The van der Waals surface area contributed by atoms with Crippen molar-refractivity contribution in [2.45, 2.75) is 39.8 Å². The topological polar surface area (TPSA) is 45.2 Å². The molecule has 0 bridgehead atoms. The lowest BCUT2D eigenvalue weighted by atomic mass is 10.1. The first-order chi connectivity index (χ1) is 6.42. The molecule has 0 fully saturated rings. The van der Waals surface area contributed by atoms with Gasteiger partial charge >= 0.3 is 0 Å². The van der Waals surface area contributed by atoms with Crippen LogP contribution in [-0.4, -0.2) is 15.6 Å². The van der Waals surface area contributed by atoms with Crippen LogP contribution in [0.2, 0.25) is 0 Å². The van der Waals surface area contributed by atoms with E-state index in [4.69, 9.17) is 5.11 Å². The molecular formula is C11H18N2O. The molecule has 0 aliphatic carbocycles. The summed E-state index contributed by atoms with van der Waals surface area (Å²) in [6.07, 6.45) is 1.71. The molecule has 0 saturated carbocycles. The zero-order valence-corrected chi connectivity index (χ0v) is 9.26. The van der Waals surface area contributed by atoms with Crippen molar-refractivity contribution in [3.05, 3.63) is 23.4 Å². The van der Waals surface area contributed by atoms with Gasteiger partial charge in [0.25, 0.3) is 0 Å². The van der Waals surface area contributed by atoms with E-state index >= 15 is 0 Å². The largest absolute Gasteiger partial charge is 0.392 e. The van der Waals surface area contributed by atoms with E-state index in [-0.39, 0.29) is 12.1 Å². The quantitative estimate of drug-likeness (QED) is 0.757. The SMILES string of the molecule is Cc1cc(NC(C)(C)C)ncc1CO. The Morgan fingerprint density at radius 2 is 2.07 bits per heavy atom. The molecule has 1 aromatic rings. The summed E-state index contributed by atoms with van der Waals surface area (Å²) in [5.74, 6) is 0.854. The van der Waals surface area contributed by atoms with E-state index in [0.717, 1.165) is 16.9 Å². The van der Waals surface area contributed by atoms with Crippen molar-refractivity contribution in [1.82, 2.24) is 4.98 Å². The number of rotatable bonds is 2. The number of aliphatic hydroxyl groups excluding tert-OH is 1. The first-order valence-electron chi connectivity index (χ1n) is 4.77. The predicted molar refractivity (Wildman–Crippen MR) is 58.3 cm³/mol. The van der Waals surface area contributed by atoms with Gasteiger partial charge in [0.05, 0.1) is 6.61 Å². The normalized spacial score (nSPS) is 11.5. The summed E-state index contributed by atoms with van der Waals surface area (Å²) < 4.78 is 0. The summed E-state index contributed by atoms with van der Waals surface area (Å²) in [6.45, 7) is 8.29. The van der Waals surface area contributed by atoms with Crippen LogP contribution in [0.15, 0.2) is 12.3 Å². The number of pyridine rings is 1. The number of aryl methyl sites for hydroxylation is 1. The Kier molecular flexibility index (Phi) is 3.11. The molecule has 0 aliphatic heterocycles. The minimum absolute atomic E-state index is 0.0141. The van der Waals surface area contributed by atoms with E-state index in [1.807, 2.05) is 13.0 Å². The van der Waals surface area contributed by atoms with Crippen molar-refractivity contribution >= 4 is 5.82 Å². The van der Waals surface area contributed by atoms with Crippen LogP contribution in [0, 0.1) is 6.92 Å². The highest BCUT2D eigenvalue weighted by molar-refractivity contribution is 5.42. The summed E-state index contributed by atoms with van der Waals surface area (Å²) in [6, 6.07) is 1.96. The zero-order chi connectivity index (χ0) is 10.8. The molecule has 78 valence electrons. The van der Waals surface area contributed by atoms with Crippen LogP contribution < -0.4 is 5.32 Å². The number of nitrogens with zero attached hydrogens (tertiary/aromatic N) is 1. The molecule has 0 spiro atoms. The van der Waals surface area contributed by atoms with Gasteiger partial charge in [-0.1, -0.05) is 0 Å². The maximum absolute atomic E-state index is 8.98. The molecular weight excluding hydrogens is 176 g/mol. The minimum atomic E-state index is 0.0141.